The van der Waals surface area contributed by atoms with Crippen molar-refractivity contribution in [2.24, 2.45) is 0 Å². The van der Waals surface area contributed by atoms with Crippen LogP contribution in [0.3, 0.4) is 0 Å². The standard InChI is InChI=1S/C18H22N2/c1-13-8-9-18(14(2)10-13)20(3)12-16-11-15-6-4-5-7-17(15)19-16/h4-10,16,19H,11-12H2,1-3H3. The predicted molar refractivity (Wildman–Crippen MR) is 86.7 cm³/mol. The maximum absolute atomic E-state index is 3.62. The second kappa shape index (κ2) is 5.20. The number of aryl methyl sites for hydroxylation is 2. The second-order valence-corrected chi connectivity index (χ2v) is 5.87. The normalized spacial score (nSPS) is 16.6. The highest BCUT2D eigenvalue weighted by molar-refractivity contribution is 5.58. The van der Waals surface area contributed by atoms with Crippen molar-refractivity contribution < 1.29 is 0 Å². The number of nitrogens with zero attached hydrogens (tertiary/aromatic N) is 1. The quantitative estimate of drug-likeness (QED) is 0.909. The maximum Gasteiger partial charge on any atom is 0.0477 e. The summed E-state index contributed by atoms with van der Waals surface area (Å²) in [5.74, 6) is 0. The largest absolute Gasteiger partial charge is 0.380 e. The molecule has 0 amide bonds. The number of hydrogen-bond acceptors (Lipinski definition) is 2. The van der Waals surface area contributed by atoms with Gasteiger partial charge in [-0.2, -0.15) is 0 Å². The van der Waals surface area contributed by atoms with Gasteiger partial charge in [-0.05, 0) is 43.5 Å². The molecule has 2 aromatic rings. The molecule has 2 heteroatoms. The van der Waals surface area contributed by atoms with E-state index in [-0.39, 0.29) is 0 Å². The van der Waals surface area contributed by atoms with E-state index in [1.54, 1.807) is 0 Å². The molecule has 0 bridgehead atoms. The highest BCUT2D eigenvalue weighted by atomic mass is 15.1. The fourth-order valence-corrected chi connectivity index (χ4v) is 3.15. The molecule has 2 aromatic carbocycles. The Hall–Kier alpha value is -1.96. The van der Waals surface area contributed by atoms with E-state index < -0.39 is 0 Å². The number of rotatable bonds is 3. The van der Waals surface area contributed by atoms with Crippen LogP contribution in [0.2, 0.25) is 0 Å². The highest BCUT2D eigenvalue weighted by Crippen LogP contribution is 2.27. The maximum atomic E-state index is 3.62. The molecular weight excluding hydrogens is 244 g/mol. The van der Waals surface area contributed by atoms with Crippen molar-refractivity contribution in [2.45, 2.75) is 26.3 Å². The van der Waals surface area contributed by atoms with Gasteiger partial charge in [-0.15, -0.1) is 0 Å². The number of nitrogens with one attached hydrogen (secondary N) is 1. The Bertz CT molecular complexity index is 594. The van der Waals surface area contributed by atoms with Crippen molar-refractivity contribution in [1.29, 1.82) is 0 Å². The Morgan fingerprint density at radius 1 is 1.15 bits per heavy atom. The number of fused-ring (bicyclic) bond motifs is 1. The summed E-state index contributed by atoms with van der Waals surface area (Å²) >= 11 is 0. The fraction of sp³-hybridized carbons (Fsp3) is 0.333. The zero-order valence-electron chi connectivity index (χ0n) is 12.5. The molecule has 0 spiro atoms. The molecule has 1 aliphatic heterocycles. The van der Waals surface area contributed by atoms with Crippen LogP contribution in [0.15, 0.2) is 42.5 Å². The van der Waals surface area contributed by atoms with Crippen LogP contribution in [0.1, 0.15) is 16.7 Å². The minimum absolute atomic E-state index is 0.498. The monoisotopic (exact) mass is 266 g/mol. The molecule has 104 valence electrons. The molecule has 0 aromatic heterocycles. The number of likely N-dealkylation sites (N-methyl/N-ethyl adjacent to an activating group) is 1. The van der Waals surface area contributed by atoms with E-state index in [2.05, 4.69) is 73.6 Å². The smallest absolute Gasteiger partial charge is 0.0477 e. The van der Waals surface area contributed by atoms with Gasteiger partial charge in [0.2, 0.25) is 0 Å². The lowest BCUT2D eigenvalue weighted by atomic mass is 10.1. The van der Waals surface area contributed by atoms with Crippen LogP contribution in [-0.2, 0) is 6.42 Å². The van der Waals surface area contributed by atoms with Gasteiger partial charge in [-0.25, -0.2) is 0 Å². The molecule has 1 heterocycles. The molecule has 0 fully saturated rings. The lowest BCUT2D eigenvalue weighted by Crippen LogP contribution is -2.33. The molecular formula is C18H22N2. The highest BCUT2D eigenvalue weighted by Gasteiger charge is 2.21. The fourth-order valence-electron chi connectivity index (χ4n) is 3.15. The number of benzene rings is 2. The van der Waals surface area contributed by atoms with Gasteiger partial charge in [0.05, 0.1) is 0 Å². The average molecular weight is 266 g/mol. The van der Waals surface area contributed by atoms with E-state index in [9.17, 15) is 0 Å². The van der Waals surface area contributed by atoms with Gasteiger partial charge in [0.25, 0.3) is 0 Å². The number of hydrogen-bond donors (Lipinski definition) is 1. The first-order valence-electron chi connectivity index (χ1n) is 7.26. The summed E-state index contributed by atoms with van der Waals surface area (Å²) in [6, 6.07) is 15.8. The van der Waals surface area contributed by atoms with Crippen molar-refractivity contribution in [3.8, 4) is 0 Å². The molecule has 1 unspecified atom stereocenters. The van der Waals surface area contributed by atoms with E-state index in [1.165, 1.54) is 28.1 Å². The zero-order valence-corrected chi connectivity index (χ0v) is 12.5. The van der Waals surface area contributed by atoms with Crippen molar-refractivity contribution in [3.63, 3.8) is 0 Å². The lowest BCUT2D eigenvalue weighted by Gasteiger charge is -2.25. The third kappa shape index (κ3) is 2.51. The second-order valence-electron chi connectivity index (χ2n) is 5.87. The van der Waals surface area contributed by atoms with Gasteiger partial charge >= 0.3 is 0 Å². The van der Waals surface area contributed by atoms with Crippen LogP contribution in [0, 0.1) is 13.8 Å². The van der Waals surface area contributed by atoms with Crippen molar-refractivity contribution in [1.82, 2.24) is 0 Å². The van der Waals surface area contributed by atoms with Crippen LogP contribution < -0.4 is 10.2 Å². The molecule has 20 heavy (non-hydrogen) atoms. The number of para-hydroxylation sites is 1. The first kappa shape index (κ1) is 13.0. The molecule has 0 radical (unpaired) electrons. The molecule has 0 saturated heterocycles. The summed E-state index contributed by atoms with van der Waals surface area (Å²) in [5, 5.41) is 3.62. The van der Waals surface area contributed by atoms with Crippen LogP contribution in [0.5, 0.6) is 0 Å². The summed E-state index contributed by atoms with van der Waals surface area (Å²) in [5.41, 5.74) is 6.74. The molecule has 0 aliphatic carbocycles. The van der Waals surface area contributed by atoms with Crippen LogP contribution in [0.25, 0.3) is 0 Å². The first-order valence-corrected chi connectivity index (χ1v) is 7.26. The minimum Gasteiger partial charge on any atom is -0.380 e. The molecule has 1 aliphatic rings. The summed E-state index contributed by atoms with van der Waals surface area (Å²) in [7, 11) is 2.18. The Labute approximate surface area is 121 Å². The van der Waals surface area contributed by atoms with E-state index in [1.807, 2.05) is 0 Å². The SMILES string of the molecule is Cc1ccc(N(C)CC2Cc3ccccc3N2)c(C)c1. The summed E-state index contributed by atoms with van der Waals surface area (Å²) < 4.78 is 0. The number of anilines is 2. The van der Waals surface area contributed by atoms with Gasteiger partial charge in [-0.3, -0.25) is 0 Å². The van der Waals surface area contributed by atoms with E-state index in [0.29, 0.717) is 6.04 Å². The molecule has 0 saturated carbocycles. The van der Waals surface area contributed by atoms with Crippen LogP contribution >= 0.6 is 0 Å². The summed E-state index contributed by atoms with van der Waals surface area (Å²) in [6.45, 7) is 5.36. The molecule has 1 N–H and O–H groups in total. The molecule has 1 atom stereocenters. The van der Waals surface area contributed by atoms with Crippen LogP contribution in [0.4, 0.5) is 11.4 Å². The molecule has 3 rings (SSSR count). The van der Waals surface area contributed by atoms with Crippen molar-refractivity contribution in [2.75, 3.05) is 23.8 Å². The Balaban J connectivity index is 1.70. The Morgan fingerprint density at radius 3 is 2.70 bits per heavy atom. The first-order chi connectivity index (χ1) is 9.63. The van der Waals surface area contributed by atoms with E-state index >= 15 is 0 Å². The van der Waals surface area contributed by atoms with Crippen molar-refractivity contribution >= 4 is 11.4 Å². The van der Waals surface area contributed by atoms with Gasteiger partial charge in [0.1, 0.15) is 0 Å². The van der Waals surface area contributed by atoms with Gasteiger partial charge in [0, 0.05) is 31.0 Å². The Morgan fingerprint density at radius 2 is 1.95 bits per heavy atom. The minimum atomic E-state index is 0.498. The lowest BCUT2D eigenvalue weighted by molar-refractivity contribution is 0.724. The summed E-state index contributed by atoms with van der Waals surface area (Å²) in [4.78, 5) is 2.36. The van der Waals surface area contributed by atoms with Crippen molar-refractivity contribution in [3.05, 3.63) is 59.2 Å². The predicted octanol–water partition coefficient (Wildman–Crippen LogP) is 3.78. The third-order valence-corrected chi connectivity index (χ3v) is 4.10. The van der Waals surface area contributed by atoms with E-state index in [4.69, 9.17) is 0 Å². The van der Waals surface area contributed by atoms with Crippen LogP contribution in [-0.4, -0.2) is 19.6 Å². The summed E-state index contributed by atoms with van der Waals surface area (Å²) in [6.07, 6.45) is 1.12. The molecule has 2 nitrogen and oxygen atoms in total. The van der Waals surface area contributed by atoms with E-state index in [0.717, 1.165) is 13.0 Å². The topological polar surface area (TPSA) is 15.3 Å². The van der Waals surface area contributed by atoms with Gasteiger partial charge < -0.3 is 10.2 Å². The average Bonchev–Trinajstić information content (AvgIpc) is 2.80. The zero-order chi connectivity index (χ0) is 14.1. The van der Waals surface area contributed by atoms with Gasteiger partial charge in [-0.1, -0.05) is 35.9 Å². The van der Waals surface area contributed by atoms with Gasteiger partial charge in [0.15, 0.2) is 0 Å². The third-order valence-electron chi connectivity index (χ3n) is 4.10. The Kier molecular flexibility index (Phi) is 3.39.